The zero-order valence-corrected chi connectivity index (χ0v) is 14.3. The van der Waals surface area contributed by atoms with Gasteiger partial charge in [-0.25, -0.2) is 0 Å². The topological polar surface area (TPSA) is 109 Å². The second-order valence-corrected chi connectivity index (χ2v) is 5.49. The number of hydrogen-bond acceptors (Lipinski definition) is 7. The molecule has 0 aliphatic rings. The van der Waals surface area contributed by atoms with Crippen molar-refractivity contribution in [2.75, 3.05) is 14.2 Å². The number of rotatable bonds is 5. The minimum atomic E-state index is -0.434. The van der Waals surface area contributed by atoms with Gasteiger partial charge in [0.2, 0.25) is 11.7 Å². The Balaban J connectivity index is 2.71. The van der Waals surface area contributed by atoms with Crippen LogP contribution in [0.2, 0.25) is 0 Å². The van der Waals surface area contributed by atoms with Crippen LogP contribution in [0.4, 0.5) is 0 Å². The maximum Gasteiger partial charge on any atom is 0.320 e. The summed E-state index contributed by atoms with van der Waals surface area (Å²) in [4.78, 5) is 21.3. The molecule has 0 atom stereocenters. The van der Waals surface area contributed by atoms with Crippen molar-refractivity contribution >= 4 is 5.78 Å². The van der Waals surface area contributed by atoms with Crippen molar-refractivity contribution in [3.8, 4) is 24.0 Å². The quantitative estimate of drug-likeness (QED) is 0.772. The normalized spacial score (nSPS) is 10.0. The minimum Gasteiger partial charge on any atom is -0.481 e. The van der Waals surface area contributed by atoms with Gasteiger partial charge in [-0.05, 0) is 24.1 Å². The molecule has 1 heterocycles. The predicted octanol–water partition coefficient (Wildman–Crippen LogP) is 2.59. The van der Waals surface area contributed by atoms with E-state index < -0.39 is 5.78 Å². The van der Waals surface area contributed by atoms with Gasteiger partial charge in [-0.2, -0.15) is 20.5 Å². The molecular formula is C18H16N4O3. The standard InChI is InChI=1S/C18H16N4O3/c1-10(2)14-15(21-18(25-4)22-17(14)24-3)16(23)13-6-11(8-19)5-12(7-13)9-20/h5-7,10H,1-4H3. The number of hydrogen-bond donors (Lipinski definition) is 0. The fourth-order valence-corrected chi connectivity index (χ4v) is 2.39. The molecule has 126 valence electrons. The average molecular weight is 336 g/mol. The number of carbonyl (C=O) groups excluding carboxylic acids is 1. The Morgan fingerprint density at radius 2 is 1.64 bits per heavy atom. The highest BCUT2D eigenvalue weighted by Gasteiger charge is 2.25. The van der Waals surface area contributed by atoms with Gasteiger partial charge in [0.05, 0.1) is 37.5 Å². The minimum absolute atomic E-state index is 0.00143. The van der Waals surface area contributed by atoms with Crippen LogP contribution in [0.15, 0.2) is 18.2 Å². The van der Waals surface area contributed by atoms with Gasteiger partial charge >= 0.3 is 6.01 Å². The van der Waals surface area contributed by atoms with Crippen molar-refractivity contribution in [3.05, 3.63) is 46.1 Å². The molecule has 0 N–H and O–H groups in total. The molecule has 0 aliphatic heterocycles. The van der Waals surface area contributed by atoms with Crippen LogP contribution in [0.1, 0.15) is 52.5 Å². The smallest absolute Gasteiger partial charge is 0.320 e. The molecule has 0 saturated carbocycles. The Labute approximate surface area is 145 Å². The van der Waals surface area contributed by atoms with Gasteiger partial charge in [0.1, 0.15) is 5.69 Å². The lowest BCUT2D eigenvalue weighted by Gasteiger charge is -2.15. The van der Waals surface area contributed by atoms with Crippen LogP contribution in [0.5, 0.6) is 11.9 Å². The van der Waals surface area contributed by atoms with Crippen LogP contribution in [0, 0.1) is 22.7 Å². The van der Waals surface area contributed by atoms with E-state index in [-0.39, 0.29) is 40.2 Å². The molecule has 0 amide bonds. The number of methoxy groups -OCH3 is 2. The molecule has 1 aromatic carbocycles. The number of nitrogens with zero attached hydrogens (tertiary/aromatic N) is 4. The van der Waals surface area contributed by atoms with E-state index >= 15 is 0 Å². The highest BCUT2D eigenvalue weighted by molar-refractivity contribution is 6.09. The second kappa shape index (κ2) is 7.41. The summed E-state index contributed by atoms with van der Waals surface area (Å²) >= 11 is 0. The number of nitriles is 2. The lowest BCUT2D eigenvalue weighted by atomic mass is 9.95. The first kappa shape index (κ1) is 17.9. The van der Waals surface area contributed by atoms with Gasteiger partial charge < -0.3 is 9.47 Å². The summed E-state index contributed by atoms with van der Waals surface area (Å²) in [6.07, 6.45) is 0. The first-order chi connectivity index (χ1) is 11.9. The van der Waals surface area contributed by atoms with Crippen molar-refractivity contribution in [1.82, 2.24) is 9.97 Å². The summed E-state index contributed by atoms with van der Waals surface area (Å²) in [5.74, 6) is -0.271. The molecule has 1 aromatic heterocycles. The van der Waals surface area contributed by atoms with E-state index in [1.54, 1.807) is 0 Å². The van der Waals surface area contributed by atoms with E-state index in [0.717, 1.165) is 0 Å². The van der Waals surface area contributed by atoms with Gasteiger partial charge in [-0.15, -0.1) is 0 Å². The Morgan fingerprint density at radius 3 is 2.08 bits per heavy atom. The molecule has 2 aromatic rings. The number of ether oxygens (including phenoxy) is 2. The van der Waals surface area contributed by atoms with Gasteiger partial charge in [0, 0.05) is 11.1 Å². The molecular weight excluding hydrogens is 320 g/mol. The molecule has 0 unspecified atom stereocenters. The number of carbonyl (C=O) groups is 1. The summed E-state index contributed by atoms with van der Waals surface area (Å²) in [5, 5.41) is 18.2. The van der Waals surface area contributed by atoms with Crippen LogP contribution in [-0.4, -0.2) is 30.0 Å². The van der Waals surface area contributed by atoms with Crippen molar-refractivity contribution in [2.45, 2.75) is 19.8 Å². The SMILES string of the molecule is COc1nc(OC)c(C(C)C)c(C(=O)c2cc(C#N)cc(C#N)c2)n1. The van der Waals surface area contributed by atoms with E-state index in [4.69, 9.17) is 20.0 Å². The maximum absolute atomic E-state index is 13.0. The Hall–Kier alpha value is -3.45. The van der Waals surface area contributed by atoms with Gasteiger partial charge in [0.25, 0.3) is 0 Å². The van der Waals surface area contributed by atoms with Crippen LogP contribution in [0.3, 0.4) is 0 Å². The third-order valence-corrected chi connectivity index (χ3v) is 3.51. The number of ketones is 1. The molecule has 0 spiro atoms. The van der Waals surface area contributed by atoms with E-state index in [1.165, 1.54) is 32.4 Å². The monoisotopic (exact) mass is 336 g/mol. The predicted molar refractivity (Wildman–Crippen MR) is 88.5 cm³/mol. The fourth-order valence-electron chi connectivity index (χ4n) is 2.39. The van der Waals surface area contributed by atoms with E-state index in [2.05, 4.69) is 9.97 Å². The van der Waals surface area contributed by atoms with Crippen LogP contribution < -0.4 is 9.47 Å². The first-order valence-corrected chi connectivity index (χ1v) is 7.45. The summed E-state index contributed by atoms with van der Waals surface area (Å²) in [7, 11) is 2.84. The molecule has 0 radical (unpaired) electrons. The molecule has 0 aliphatic carbocycles. The summed E-state index contributed by atoms with van der Waals surface area (Å²) in [6.45, 7) is 3.77. The molecule has 0 bridgehead atoms. The van der Waals surface area contributed by atoms with Crippen LogP contribution in [0.25, 0.3) is 0 Å². The van der Waals surface area contributed by atoms with Gasteiger partial charge in [0.15, 0.2) is 0 Å². The summed E-state index contributed by atoms with van der Waals surface area (Å²) < 4.78 is 10.3. The molecule has 0 fully saturated rings. The molecule has 2 rings (SSSR count). The highest BCUT2D eigenvalue weighted by atomic mass is 16.5. The Kier molecular flexibility index (Phi) is 5.31. The number of aromatic nitrogens is 2. The van der Waals surface area contributed by atoms with Gasteiger partial charge in [-0.3, -0.25) is 4.79 Å². The summed E-state index contributed by atoms with van der Waals surface area (Å²) in [6, 6.07) is 8.16. The molecule has 7 nitrogen and oxygen atoms in total. The van der Waals surface area contributed by atoms with E-state index in [0.29, 0.717) is 5.56 Å². The molecule has 7 heteroatoms. The number of benzene rings is 1. The highest BCUT2D eigenvalue weighted by Crippen LogP contribution is 2.30. The molecule has 0 saturated heterocycles. The Bertz CT molecular complexity index is 876. The van der Waals surface area contributed by atoms with E-state index in [9.17, 15) is 4.79 Å². The third kappa shape index (κ3) is 3.56. The van der Waals surface area contributed by atoms with Crippen LogP contribution in [-0.2, 0) is 0 Å². The fraction of sp³-hybridized carbons (Fsp3) is 0.278. The van der Waals surface area contributed by atoms with Crippen molar-refractivity contribution in [3.63, 3.8) is 0 Å². The van der Waals surface area contributed by atoms with Crippen molar-refractivity contribution < 1.29 is 14.3 Å². The van der Waals surface area contributed by atoms with Crippen LogP contribution >= 0.6 is 0 Å². The lowest BCUT2D eigenvalue weighted by Crippen LogP contribution is -2.14. The maximum atomic E-state index is 13.0. The lowest BCUT2D eigenvalue weighted by molar-refractivity contribution is 0.103. The van der Waals surface area contributed by atoms with E-state index in [1.807, 2.05) is 26.0 Å². The first-order valence-electron chi connectivity index (χ1n) is 7.45. The van der Waals surface area contributed by atoms with Crippen molar-refractivity contribution in [1.29, 1.82) is 10.5 Å². The third-order valence-electron chi connectivity index (χ3n) is 3.51. The zero-order chi connectivity index (χ0) is 18.6. The summed E-state index contributed by atoms with van der Waals surface area (Å²) in [5.41, 5.74) is 1.30. The van der Waals surface area contributed by atoms with Gasteiger partial charge in [-0.1, -0.05) is 13.8 Å². The molecule has 25 heavy (non-hydrogen) atoms. The largest absolute Gasteiger partial charge is 0.481 e. The average Bonchev–Trinajstić information content (AvgIpc) is 2.65. The van der Waals surface area contributed by atoms with Crippen molar-refractivity contribution in [2.24, 2.45) is 0 Å². The zero-order valence-electron chi connectivity index (χ0n) is 14.3. The Morgan fingerprint density at radius 1 is 1.04 bits per heavy atom. The second-order valence-electron chi connectivity index (χ2n) is 5.49.